The minimum atomic E-state index is -0.348. The van der Waals surface area contributed by atoms with Gasteiger partial charge < -0.3 is 4.74 Å². The predicted octanol–water partition coefficient (Wildman–Crippen LogP) is 6.40. The molecule has 1 aromatic heterocycles. The Morgan fingerprint density at radius 3 is 2.72 bits per heavy atom. The molecule has 1 atom stereocenters. The molecular formula is C28H19BrCl2N2O2S. The van der Waals surface area contributed by atoms with Gasteiger partial charge in [0.2, 0.25) is 0 Å². The molecule has 0 saturated heterocycles. The van der Waals surface area contributed by atoms with Gasteiger partial charge in [0.05, 0.1) is 27.9 Å². The number of hydrogen-bond donors (Lipinski definition) is 0. The van der Waals surface area contributed by atoms with E-state index in [4.69, 9.17) is 32.9 Å². The fourth-order valence-corrected chi connectivity index (χ4v) is 7.02. The van der Waals surface area contributed by atoms with Crippen molar-refractivity contribution >= 4 is 62.2 Å². The summed E-state index contributed by atoms with van der Waals surface area (Å²) in [5.74, 6) is 0.734. The molecule has 0 spiro atoms. The number of benzene rings is 3. The Kier molecular flexibility index (Phi) is 6.16. The average Bonchev–Trinajstić information content (AvgIpc) is 3.17. The smallest absolute Gasteiger partial charge is 0.271 e. The van der Waals surface area contributed by atoms with E-state index >= 15 is 0 Å². The van der Waals surface area contributed by atoms with E-state index in [-0.39, 0.29) is 11.6 Å². The summed E-state index contributed by atoms with van der Waals surface area (Å²) >= 11 is 17.9. The van der Waals surface area contributed by atoms with Crippen LogP contribution < -0.4 is 19.6 Å². The first kappa shape index (κ1) is 23.7. The third kappa shape index (κ3) is 3.97. The molecule has 0 radical (unpaired) electrons. The van der Waals surface area contributed by atoms with E-state index in [1.54, 1.807) is 17.7 Å². The molecule has 0 bridgehead atoms. The molecule has 1 aliphatic heterocycles. The maximum atomic E-state index is 13.9. The topological polar surface area (TPSA) is 43.6 Å². The van der Waals surface area contributed by atoms with Gasteiger partial charge in [-0.25, -0.2) is 4.99 Å². The highest BCUT2D eigenvalue weighted by Crippen LogP contribution is 2.43. The molecule has 1 aliphatic carbocycles. The highest BCUT2D eigenvalue weighted by Gasteiger charge is 2.33. The fraction of sp³-hybridized carbons (Fsp3) is 0.143. The monoisotopic (exact) mass is 596 g/mol. The molecule has 2 heterocycles. The molecule has 4 aromatic rings. The highest BCUT2D eigenvalue weighted by atomic mass is 79.9. The minimum Gasteiger partial charge on any atom is -0.496 e. The lowest BCUT2D eigenvalue weighted by Crippen LogP contribution is -2.38. The van der Waals surface area contributed by atoms with E-state index < -0.39 is 0 Å². The number of allylic oxidation sites excluding steroid dienone is 1. The molecule has 8 heteroatoms. The average molecular weight is 598 g/mol. The quantitative estimate of drug-likeness (QED) is 0.274. The van der Waals surface area contributed by atoms with Crippen LogP contribution in [0.5, 0.6) is 5.75 Å². The van der Waals surface area contributed by atoms with Gasteiger partial charge in [0.25, 0.3) is 5.56 Å². The standard InChI is InChI=1S/C28H19BrCl2N2O2S/c1-35-23-11-6-15(12-21(23)29)13-24-27(34)33-26(19-10-8-17(30)14-22(19)31)20-9-7-16-4-2-3-5-18(16)25(20)32-28(33)36-24/h2-6,8,10-14,26H,7,9H2,1H3. The number of aryl methyl sites for hydroxylation is 1. The van der Waals surface area contributed by atoms with Gasteiger partial charge >= 0.3 is 0 Å². The summed E-state index contributed by atoms with van der Waals surface area (Å²) in [5, 5.41) is 1.10. The zero-order valence-corrected chi connectivity index (χ0v) is 23.0. The third-order valence-electron chi connectivity index (χ3n) is 6.60. The number of hydrogen-bond acceptors (Lipinski definition) is 4. The van der Waals surface area contributed by atoms with Crippen LogP contribution in [0.2, 0.25) is 10.0 Å². The molecule has 4 nitrogen and oxygen atoms in total. The zero-order valence-electron chi connectivity index (χ0n) is 19.1. The summed E-state index contributed by atoms with van der Waals surface area (Å²) in [6.45, 7) is 0. The van der Waals surface area contributed by atoms with Crippen molar-refractivity contribution in [1.29, 1.82) is 0 Å². The lowest BCUT2D eigenvalue weighted by atomic mass is 9.83. The van der Waals surface area contributed by atoms with Crippen LogP contribution in [-0.2, 0) is 6.42 Å². The van der Waals surface area contributed by atoms with Crippen molar-refractivity contribution in [2.75, 3.05) is 7.11 Å². The van der Waals surface area contributed by atoms with E-state index in [1.807, 2.05) is 42.5 Å². The van der Waals surface area contributed by atoms with Crippen molar-refractivity contribution in [2.45, 2.75) is 18.9 Å². The summed E-state index contributed by atoms with van der Waals surface area (Å²) in [6.07, 6.45) is 3.58. The van der Waals surface area contributed by atoms with Crippen molar-refractivity contribution < 1.29 is 4.74 Å². The summed E-state index contributed by atoms with van der Waals surface area (Å²) in [6, 6.07) is 19.2. The molecule has 1 unspecified atom stereocenters. The van der Waals surface area contributed by atoms with Gasteiger partial charge in [-0.2, -0.15) is 0 Å². The van der Waals surface area contributed by atoms with Gasteiger partial charge in [-0.1, -0.05) is 70.9 Å². The van der Waals surface area contributed by atoms with E-state index in [0.717, 1.165) is 51.0 Å². The van der Waals surface area contributed by atoms with Crippen LogP contribution >= 0.6 is 50.5 Å². The van der Waals surface area contributed by atoms with Crippen LogP contribution in [0.15, 0.2) is 80.5 Å². The second-order valence-corrected chi connectivity index (χ2v) is 11.4. The van der Waals surface area contributed by atoms with E-state index in [1.165, 1.54) is 16.9 Å². The van der Waals surface area contributed by atoms with E-state index in [9.17, 15) is 4.79 Å². The maximum absolute atomic E-state index is 13.9. The summed E-state index contributed by atoms with van der Waals surface area (Å²) in [5.41, 5.74) is 6.07. The van der Waals surface area contributed by atoms with Crippen molar-refractivity contribution in [3.05, 3.63) is 123 Å². The molecule has 0 saturated carbocycles. The number of rotatable bonds is 3. The van der Waals surface area contributed by atoms with Crippen LogP contribution in [0.3, 0.4) is 0 Å². The van der Waals surface area contributed by atoms with Crippen LogP contribution in [0.4, 0.5) is 0 Å². The lowest BCUT2D eigenvalue weighted by Gasteiger charge is -2.31. The minimum absolute atomic E-state index is 0.0906. The van der Waals surface area contributed by atoms with Gasteiger partial charge in [0.1, 0.15) is 5.75 Å². The number of ether oxygens (including phenoxy) is 1. The molecule has 0 N–H and O–H groups in total. The lowest BCUT2D eigenvalue weighted by molar-refractivity contribution is 0.412. The highest BCUT2D eigenvalue weighted by molar-refractivity contribution is 9.10. The summed E-state index contributed by atoms with van der Waals surface area (Å²) in [7, 11) is 1.62. The third-order valence-corrected chi connectivity index (χ3v) is 8.77. The van der Waals surface area contributed by atoms with Crippen molar-refractivity contribution in [2.24, 2.45) is 4.99 Å². The second kappa shape index (κ2) is 9.34. The van der Waals surface area contributed by atoms with Gasteiger partial charge in [0, 0.05) is 15.6 Å². The van der Waals surface area contributed by atoms with Crippen LogP contribution in [-0.4, -0.2) is 11.7 Å². The molecule has 3 aromatic carbocycles. The van der Waals surface area contributed by atoms with Gasteiger partial charge in [-0.3, -0.25) is 9.36 Å². The normalized spacial score (nSPS) is 16.8. The molecule has 2 aliphatic rings. The Labute approximate surface area is 229 Å². The Hall–Kier alpha value is -2.64. The Bertz CT molecular complexity index is 1760. The first-order valence-electron chi connectivity index (χ1n) is 11.4. The largest absolute Gasteiger partial charge is 0.496 e. The van der Waals surface area contributed by atoms with E-state index in [0.29, 0.717) is 19.4 Å². The maximum Gasteiger partial charge on any atom is 0.271 e. The molecule has 36 heavy (non-hydrogen) atoms. The van der Waals surface area contributed by atoms with E-state index in [2.05, 4.69) is 34.1 Å². The molecule has 0 fully saturated rings. The predicted molar refractivity (Wildman–Crippen MR) is 150 cm³/mol. The summed E-state index contributed by atoms with van der Waals surface area (Å²) in [4.78, 5) is 19.6. The zero-order chi connectivity index (χ0) is 25.0. The van der Waals surface area contributed by atoms with Crippen molar-refractivity contribution in [3.63, 3.8) is 0 Å². The van der Waals surface area contributed by atoms with Crippen LogP contribution in [0.25, 0.3) is 11.8 Å². The van der Waals surface area contributed by atoms with Gasteiger partial charge in [-0.05, 0) is 81.4 Å². The van der Waals surface area contributed by atoms with Crippen molar-refractivity contribution in [1.82, 2.24) is 4.57 Å². The van der Waals surface area contributed by atoms with Crippen LogP contribution in [0.1, 0.15) is 34.7 Å². The number of halogens is 3. The number of thiazole rings is 1. The molecule has 6 rings (SSSR count). The molecular weight excluding hydrogens is 579 g/mol. The Morgan fingerprint density at radius 1 is 1.11 bits per heavy atom. The number of aromatic nitrogens is 1. The number of methoxy groups -OCH3 is 1. The SMILES string of the molecule is COc1ccc(C=c2sc3n(c2=O)C(c2ccc(Cl)cc2Cl)C2=C(N=3)c3ccccc3CC2)cc1Br. The Balaban J connectivity index is 1.61. The fourth-order valence-electron chi connectivity index (χ4n) is 4.95. The number of fused-ring (bicyclic) bond motifs is 3. The second-order valence-electron chi connectivity index (χ2n) is 8.67. The van der Waals surface area contributed by atoms with Crippen molar-refractivity contribution in [3.8, 4) is 5.75 Å². The Morgan fingerprint density at radius 2 is 1.94 bits per heavy atom. The van der Waals surface area contributed by atoms with Gasteiger partial charge in [-0.15, -0.1) is 0 Å². The summed E-state index contributed by atoms with van der Waals surface area (Å²) < 4.78 is 8.56. The first-order chi connectivity index (χ1) is 17.4. The first-order valence-corrected chi connectivity index (χ1v) is 13.7. The molecule has 180 valence electrons. The van der Waals surface area contributed by atoms with Crippen LogP contribution in [0, 0.1) is 0 Å². The molecule has 0 amide bonds. The van der Waals surface area contributed by atoms with Gasteiger partial charge in [0.15, 0.2) is 4.80 Å². The number of nitrogens with zero attached hydrogens (tertiary/aromatic N) is 2.